The quantitative estimate of drug-likeness (QED) is 0.699. The number of nitrogens with zero attached hydrogens (tertiary/aromatic N) is 3. The van der Waals surface area contributed by atoms with E-state index in [2.05, 4.69) is 27.5 Å². The number of fused-ring (bicyclic) bond motifs is 1. The zero-order valence-electron chi connectivity index (χ0n) is 15.5. The van der Waals surface area contributed by atoms with Crippen LogP contribution in [0.2, 0.25) is 5.02 Å². The van der Waals surface area contributed by atoms with Crippen LogP contribution in [0, 0.1) is 6.92 Å². The Morgan fingerprint density at radius 3 is 2.78 bits per heavy atom. The highest BCUT2D eigenvalue weighted by Crippen LogP contribution is 2.36. The molecule has 5 nitrogen and oxygen atoms in total. The molecule has 0 radical (unpaired) electrons. The molecule has 140 valence electrons. The summed E-state index contributed by atoms with van der Waals surface area (Å²) in [5.74, 6) is 0.956. The number of piperidine rings is 1. The molecule has 27 heavy (non-hydrogen) atoms. The van der Waals surface area contributed by atoms with Crippen LogP contribution in [-0.4, -0.2) is 46.4 Å². The molecule has 1 aliphatic heterocycles. The number of nitrogens with one attached hydrogen (secondary N) is 1. The monoisotopic (exact) mass is 382 g/mol. The van der Waals surface area contributed by atoms with Crippen molar-refractivity contribution >= 4 is 28.2 Å². The summed E-state index contributed by atoms with van der Waals surface area (Å²) in [5.41, 5.74) is 2.28. The first-order valence-electron chi connectivity index (χ1n) is 9.22. The van der Waals surface area contributed by atoms with Gasteiger partial charge in [0, 0.05) is 33.9 Å². The van der Waals surface area contributed by atoms with Crippen LogP contribution in [0.25, 0.3) is 22.0 Å². The summed E-state index contributed by atoms with van der Waals surface area (Å²) in [4.78, 5) is 2.33. The van der Waals surface area contributed by atoms with Gasteiger partial charge in [-0.2, -0.15) is 0 Å². The number of halogens is 1. The van der Waals surface area contributed by atoms with Crippen molar-refractivity contribution < 1.29 is 5.11 Å². The van der Waals surface area contributed by atoms with Crippen molar-refractivity contribution in [2.75, 3.05) is 25.5 Å². The zero-order chi connectivity index (χ0) is 19.0. The number of likely N-dealkylation sites (tertiary alicyclic amines) is 1. The highest BCUT2D eigenvalue weighted by Gasteiger charge is 2.20. The van der Waals surface area contributed by atoms with Crippen LogP contribution in [0.1, 0.15) is 18.4 Å². The molecule has 2 heterocycles. The number of likely N-dealkylation sites (N-methyl/N-ethyl adjacent to an activating group) is 1. The van der Waals surface area contributed by atoms with Crippen LogP contribution >= 0.6 is 11.6 Å². The fourth-order valence-corrected chi connectivity index (χ4v) is 3.92. The first-order chi connectivity index (χ1) is 13.0. The third-order valence-electron chi connectivity index (χ3n) is 5.12. The minimum Gasteiger partial charge on any atom is -0.507 e. The van der Waals surface area contributed by atoms with Crippen molar-refractivity contribution in [3.8, 4) is 17.0 Å². The van der Waals surface area contributed by atoms with Crippen molar-refractivity contribution in [2.45, 2.75) is 25.8 Å². The normalized spacial score (nSPS) is 18.0. The molecule has 1 aliphatic rings. The maximum absolute atomic E-state index is 10.4. The Bertz CT molecular complexity index is 991. The number of hydrogen-bond donors (Lipinski definition) is 2. The molecule has 0 aliphatic carbocycles. The van der Waals surface area contributed by atoms with Crippen molar-refractivity contribution in [3.05, 3.63) is 47.0 Å². The average molecular weight is 383 g/mol. The van der Waals surface area contributed by atoms with Gasteiger partial charge in [-0.25, -0.2) is 0 Å². The maximum Gasteiger partial charge on any atom is 0.156 e. The number of benzene rings is 2. The fraction of sp³-hybridized carbons (Fsp3) is 0.333. The molecule has 0 amide bonds. The molecule has 0 unspecified atom stereocenters. The smallest absolute Gasteiger partial charge is 0.156 e. The minimum atomic E-state index is 0.195. The highest BCUT2D eigenvalue weighted by atomic mass is 35.5. The van der Waals surface area contributed by atoms with Crippen LogP contribution in [0.5, 0.6) is 5.75 Å². The Kier molecular flexibility index (Phi) is 4.89. The number of phenols is 1. The number of anilines is 1. The molecular formula is C21H23ClN4O. The van der Waals surface area contributed by atoms with Crippen LogP contribution in [0.4, 0.5) is 5.82 Å². The second-order valence-electron chi connectivity index (χ2n) is 7.35. The summed E-state index contributed by atoms with van der Waals surface area (Å²) in [5, 5.41) is 25.3. The van der Waals surface area contributed by atoms with Crippen LogP contribution in [0.15, 0.2) is 36.4 Å². The van der Waals surface area contributed by atoms with E-state index in [-0.39, 0.29) is 5.75 Å². The van der Waals surface area contributed by atoms with E-state index < -0.39 is 0 Å². The fourth-order valence-electron chi connectivity index (χ4n) is 3.75. The van der Waals surface area contributed by atoms with E-state index in [0.29, 0.717) is 22.3 Å². The zero-order valence-corrected chi connectivity index (χ0v) is 16.3. The van der Waals surface area contributed by atoms with E-state index in [1.54, 1.807) is 6.07 Å². The Hall–Kier alpha value is -2.37. The van der Waals surface area contributed by atoms with Crippen LogP contribution in [0.3, 0.4) is 0 Å². The predicted molar refractivity (Wildman–Crippen MR) is 111 cm³/mol. The molecule has 1 fully saturated rings. The maximum atomic E-state index is 10.4. The Morgan fingerprint density at radius 2 is 2.00 bits per heavy atom. The van der Waals surface area contributed by atoms with Gasteiger partial charge in [-0.05, 0) is 69.3 Å². The molecule has 0 spiro atoms. The van der Waals surface area contributed by atoms with Crippen LogP contribution < -0.4 is 5.32 Å². The third kappa shape index (κ3) is 3.70. The van der Waals surface area contributed by atoms with E-state index >= 15 is 0 Å². The summed E-state index contributed by atoms with van der Waals surface area (Å²) >= 11 is 6.27. The second-order valence-corrected chi connectivity index (χ2v) is 7.79. The molecule has 0 bridgehead atoms. The lowest BCUT2D eigenvalue weighted by atomic mass is 10.0. The molecule has 0 saturated carbocycles. The molecule has 1 atom stereocenters. The highest BCUT2D eigenvalue weighted by molar-refractivity contribution is 6.31. The number of rotatable bonds is 3. The Balaban J connectivity index is 1.80. The summed E-state index contributed by atoms with van der Waals surface area (Å²) in [6.45, 7) is 4.06. The lowest BCUT2D eigenvalue weighted by Crippen LogP contribution is -2.40. The van der Waals surface area contributed by atoms with Gasteiger partial charge in [0.15, 0.2) is 5.82 Å². The average Bonchev–Trinajstić information content (AvgIpc) is 2.62. The summed E-state index contributed by atoms with van der Waals surface area (Å²) in [7, 11) is 2.14. The molecule has 2 N–H and O–H groups in total. The van der Waals surface area contributed by atoms with E-state index in [4.69, 9.17) is 11.6 Å². The summed E-state index contributed by atoms with van der Waals surface area (Å²) in [6.07, 6.45) is 2.28. The van der Waals surface area contributed by atoms with Gasteiger partial charge in [0.1, 0.15) is 11.4 Å². The third-order valence-corrected chi connectivity index (χ3v) is 5.35. The molecule has 3 aromatic rings. The SMILES string of the molecule is Cc1ccc(-c2nnc(N[C@@H]3CCCN(C)C3)c3ccc(Cl)cc23)c(O)c1. The van der Waals surface area contributed by atoms with E-state index in [0.717, 1.165) is 41.7 Å². The Morgan fingerprint density at radius 1 is 1.15 bits per heavy atom. The first-order valence-corrected chi connectivity index (χ1v) is 9.60. The number of hydrogen-bond acceptors (Lipinski definition) is 5. The van der Waals surface area contributed by atoms with E-state index in [1.165, 1.54) is 6.42 Å². The number of aromatic hydroxyl groups is 1. The van der Waals surface area contributed by atoms with Crippen LogP contribution in [-0.2, 0) is 0 Å². The molecule has 4 rings (SSSR count). The predicted octanol–water partition coefficient (Wildman–Crippen LogP) is 4.47. The Labute approximate surface area is 164 Å². The van der Waals surface area contributed by atoms with E-state index in [9.17, 15) is 5.11 Å². The molecular weight excluding hydrogens is 360 g/mol. The van der Waals surface area contributed by atoms with Gasteiger partial charge in [-0.15, -0.1) is 10.2 Å². The standard InChI is InChI=1S/C21H23ClN4O/c1-13-5-7-17(19(27)10-13)20-18-11-14(22)6-8-16(18)21(25-24-20)23-15-4-3-9-26(2)12-15/h5-8,10-11,15,27H,3-4,9,12H2,1-2H3,(H,23,25)/t15-/m1/s1. The largest absolute Gasteiger partial charge is 0.507 e. The topological polar surface area (TPSA) is 61.3 Å². The molecule has 6 heteroatoms. The van der Waals surface area contributed by atoms with Crippen molar-refractivity contribution in [3.63, 3.8) is 0 Å². The van der Waals surface area contributed by atoms with Gasteiger partial charge in [0.25, 0.3) is 0 Å². The molecule has 1 aromatic heterocycles. The first kappa shape index (κ1) is 18.0. The van der Waals surface area contributed by atoms with Gasteiger partial charge in [-0.3, -0.25) is 0 Å². The van der Waals surface area contributed by atoms with Gasteiger partial charge in [0.2, 0.25) is 0 Å². The number of aryl methyl sites for hydroxylation is 1. The minimum absolute atomic E-state index is 0.195. The van der Waals surface area contributed by atoms with Crippen molar-refractivity contribution in [2.24, 2.45) is 0 Å². The lowest BCUT2D eigenvalue weighted by Gasteiger charge is -2.30. The molecule has 1 saturated heterocycles. The second kappa shape index (κ2) is 7.33. The van der Waals surface area contributed by atoms with Crippen molar-refractivity contribution in [1.29, 1.82) is 0 Å². The van der Waals surface area contributed by atoms with E-state index in [1.807, 2.05) is 37.3 Å². The van der Waals surface area contributed by atoms with Gasteiger partial charge in [0.05, 0.1) is 0 Å². The summed E-state index contributed by atoms with van der Waals surface area (Å²) < 4.78 is 0. The number of aromatic nitrogens is 2. The van der Waals surface area contributed by atoms with Gasteiger partial charge >= 0.3 is 0 Å². The molecule has 2 aromatic carbocycles. The van der Waals surface area contributed by atoms with Gasteiger partial charge < -0.3 is 15.3 Å². The number of phenolic OH excluding ortho intramolecular Hbond substituents is 1. The lowest BCUT2D eigenvalue weighted by molar-refractivity contribution is 0.261. The van der Waals surface area contributed by atoms with Crippen molar-refractivity contribution in [1.82, 2.24) is 15.1 Å². The van der Waals surface area contributed by atoms with Gasteiger partial charge in [-0.1, -0.05) is 17.7 Å². The summed E-state index contributed by atoms with van der Waals surface area (Å²) in [6, 6.07) is 11.6.